The second kappa shape index (κ2) is 5.30. The summed E-state index contributed by atoms with van der Waals surface area (Å²) in [5.74, 6) is 7.31. The standard InChI is InChI=1S/C13H22N2S/c1-9-4-3-5-11(6-9)13(15-14)12-7-10(2)16-8-12/h7-9,11,13,15H,3-6,14H2,1-2H3. The molecule has 1 fully saturated rings. The Bertz CT molecular complexity index is 334. The first kappa shape index (κ1) is 12.1. The minimum atomic E-state index is 0.354. The summed E-state index contributed by atoms with van der Waals surface area (Å²) in [7, 11) is 0. The number of hydrazine groups is 1. The highest BCUT2D eigenvalue weighted by molar-refractivity contribution is 7.10. The van der Waals surface area contributed by atoms with Gasteiger partial charge in [-0.05, 0) is 48.6 Å². The van der Waals surface area contributed by atoms with E-state index >= 15 is 0 Å². The summed E-state index contributed by atoms with van der Waals surface area (Å²) in [6.45, 7) is 4.52. The van der Waals surface area contributed by atoms with E-state index in [9.17, 15) is 0 Å². The van der Waals surface area contributed by atoms with Crippen molar-refractivity contribution in [1.29, 1.82) is 0 Å². The molecule has 2 rings (SSSR count). The zero-order valence-electron chi connectivity index (χ0n) is 10.2. The summed E-state index contributed by atoms with van der Waals surface area (Å²) in [5, 5.41) is 2.25. The topological polar surface area (TPSA) is 38.0 Å². The SMILES string of the molecule is Cc1cc(C(NN)C2CCCC(C)C2)cs1. The lowest BCUT2D eigenvalue weighted by atomic mass is 9.77. The first-order valence-electron chi connectivity index (χ1n) is 6.22. The van der Waals surface area contributed by atoms with E-state index in [1.165, 1.54) is 36.1 Å². The van der Waals surface area contributed by atoms with E-state index in [0.29, 0.717) is 12.0 Å². The molecule has 3 N–H and O–H groups in total. The minimum absolute atomic E-state index is 0.354. The molecule has 3 unspecified atom stereocenters. The summed E-state index contributed by atoms with van der Waals surface area (Å²) in [4.78, 5) is 1.37. The maximum atomic E-state index is 5.74. The summed E-state index contributed by atoms with van der Waals surface area (Å²) in [6, 6.07) is 2.63. The van der Waals surface area contributed by atoms with Crippen LogP contribution in [0.1, 0.15) is 49.1 Å². The molecule has 3 atom stereocenters. The lowest BCUT2D eigenvalue weighted by molar-refractivity contribution is 0.225. The van der Waals surface area contributed by atoms with Crippen molar-refractivity contribution in [1.82, 2.24) is 5.43 Å². The summed E-state index contributed by atoms with van der Waals surface area (Å²) in [5.41, 5.74) is 4.41. The van der Waals surface area contributed by atoms with E-state index in [0.717, 1.165) is 5.92 Å². The Morgan fingerprint density at radius 3 is 2.88 bits per heavy atom. The highest BCUT2D eigenvalue weighted by atomic mass is 32.1. The molecule has 2 nitrogen and oxygen atoms in total. The number of rotatable bonds is 3. The molecular weight excluding hydrogens is 216 g/mol. The van der Waals surface area contributed by atoms with Crippen molar-refractivity contribution in [3.63, 3.8) is 0 Å². The van der Waals surface area contributed by atoms with Crippen LogP contribution >= 0.6 is 11.3 Å². The third-order valence-corrected chi connectivity index (χ3v) is 4.62. The average molecular weight is 238 g/mol. The van der Waals surface area contributed by atoms with Crippen LogP contribution in [0, 0.1) is 18.8 Å². The van der Waals surface area contributed by atoms with E-state index in [1.54, 1.807) is 0 Å². The molecule has 1 aromatic heterocycles. The Balaban J connectivity index is 2.09. The molecule has 90 valence electrons. The maximum absolute atomic E-state index is 5.74. The Hall–Kier alpha value is -0.380. The fourth-order valence-corrected chi connectivity index (χ4v) is 3.66. The van der Waals surface area contributed by atoms with Crippen LogP contribution in [0.2, 0.25) is 0 Å². The van der Waals surface area contributed by atoms with Gasteiger partial charge < -0.3 is 0 Å². The third kappa shape index (κ3) is 2.65. The molecule has 1 saturated carbocycles. The van der Waals surface area contributed by atoms with Gasteiger partial charge in [0.05, 0.1) is 0 Å². The molecule has 3 heteroatoms. The number of hydrogen-bond acceptors (Lipinski definition) is 3. The van der Waals surface area contributed by atoms with Crippen molar-refractivity contribution in [2.75, 3.05) is 0 Å². The van der Waals surface area contributed by atoms with Crippen LogP contribution < -0.4 is 11.3 Å². The molecule has 0 radical (unpaired) electrons. The molecule has 0 spiro atoms. The van der Waals surface area contributed by atoms with Gasteiger partial charge in [-0.25, -0.2) is 0 Å². The lowest BCUT2D eigenvalue weighted by Gasteiger charge is -2.32. The molecule has 0 aromatic carbocycles. The van der Waals surface area contributed by atoms with Crippen molar-refractivity contribution in [2.45, 2.75) is 45.6 Å². The highest BCUT2D eigenvalue weighted by Crippen LogP contribution is 2.37. The quantitative estimate of drug-likeness (QED) is 0.626. The molecule has 1 aromatic rings. The fourth-order valence-electron chi connectivity index (χ4n) is 2.92. The summed E-state index contributed by atoms with van der Waals surface area (Å²) < 4.78 is 0. The predicted molar refractivity (Wildman–Crippen MR) is 70.2 cm³/mol. The minimum Gasteiger partial charge on any atom is -0.271 e. The highest BCUT2D eigenvalue weighted by Gasteiger charge is 2.27. The van der Waals surface area contributed by atoms with Crippen molar-refractivity contribution >= 4 is 11.3 Å². The van der Waals surface area contributed by atoms with Gasteiger partial charge in [0.25, 0.3) is 0 Å². The summed E-state index contributed by atoms with van der Waals surface area (Å²) in [6.07, 6.45) is 5.36. The van der Waals surface area contributed by atoms with E-state index in [4.69, 9.17) is 5.84 Å². The number of aryl methyl sites for hydroxylation is 1. The maximum Gasteiger partial charge on any atom is 0.0496 e. The van der Waals surface area contributed by atoms with E-state index in [1.807, 2.05) is 11.3 Å². The molecule has 16 heavy (non-hydrogen) atoms. The van der Waals surface area contributed by atoms with Gasteiger partial charge in [-0.2, -0.15) is 0 Å². The first-order valence-corrected chi connectivity index (χ1v) is 7.10. The Morgan fingerprint density at radius 1 is 1.50 bits per heavy atom. The van der Waals surface area contributed by atoms with Crippen LogP contribution in [-0.4, -0.2) is 0 Å². The van der Waals surface area contributed by atoms with E-state index in [-0.39, 0.29) is 0 Å². The molecule has 0 saturated heterocycles. The summed E-state index contributed by atoms with van der Waals surface area (Å²) >= 11 is 1.82. The van der Waals surface area contributed by atoms with E-state index in [2.05, 4.69) is 30.7 Å². The molecule has 0 bridgehead atoms. The van der Waals surface area contributed by atoms with Crippen LogP contribution in [-0.2, 0) is 0 Å². The van der Waals surface area contributed by atoms with Gasteiger partial charge in [0, 0.05) is 10.9 Å². The van der Waals surface area contributed by atoms with Crippen LogP contribution in [0.25, 0.3) is 0 Å². The van der Waals surface area contributed by atoms with Crippen LogP contribution in [0.3, 0.4) is 0 Å². The smallest absolute Gasteiger partial charge is 0.0496 e. The van der Waals surface area contributed by atoms with Crippen molar-refractivity contribution < 1.29 is 0 Å². The zero-order chi connectivity index (χ0) is 11.5. The number of hydrogen-bond donors (Lipinski definition) is 2. The zero-order valence-corrected chi connectivity index (χ0v) is 11.0. The molecule has 1 aliphatic rings. The van der Waals surface area contributed by atoms with Gasteiger partial charge in [0.1, 0.15) is 0 Å². The van der Waals surface area contributed by atoms with Gasteiger partial charge in [-0.1, -0.05) is 19.8 Å². The number of nitrogens with two attached hydrogens (primary N) is 1. The molecule has 1 heterocycles. The average Bonchev–Trinajstić information content (AvgIpc) is 2.66. The molecular formula is C13H22N2S. The lowest BCUT2D eigenvalue weighted by Crippen LogP contribution is -2.35. The largest absolute Gasteiger partial charge is 0.271 e. The van der Waals surface area contributed by atoms with Crippen LogP contribution in [0.4, 0.5) is 0 Å². The second-order valence-electron chi connectivity index (χ2n) is 5.17. The number of nitrogens with one attached hydrogen (secondary N) is 1. The van der Waals surface area contributed by atoms with Crippen LogP contribution in [0.15, 0.2) is 11.4 Å². The van der Waals surface area contributed by atoms with Gasteiger partial charge in [-0.3, -0.25) is 11.3 Å². The molecule has 0 amide bonds. The predicted octanol–water partition coefficient (Wildman–Crippen LogP) is 3.39. The molecule has 1 aliphatic carbocycles. The van der Waals surface area contributed by atoms with Crippen LogP contribution in [0.5, 0.6) is 0 Å². The normalized spacial score (nSPS) is 27.9. The monoisotopic (exact) mass is 238 g/mol. The van der Waals surface area contributed by atoms with Crippen molar-refractivity contribution in [2.24, 2.45) is 17.7 Å². The Kier molecular flexibility index (Phi) is 4.00. The van der Waals surface area contributed by atoms with Crippen molar-refractivity contribution in [3.8, 4) is 0 Å². The van der Waals surface area contributed by atoms with E-state index < -0.39 is 0 Å². The number of thiophene rings is 1. The van der Waals surface area contributed by atoms with Gasteiger partial charge >= 0.3 is 0 Å². The third-order valence-electron chi connectivity index (χ3n) is 3.74. The van der Waals surface area contributed by atoms with Gasteiger partial charge in [0.15, 0.2) is 0 Å². The second-order valence-corrected chi connectivity index (χ2v) is 6.28. The van der Waals surface area contributed by atoms with Crippen molar-refractivity contribution in [3.05, 3.63) is 21.9 Å². The van der Waals surface area contributed by atoms with Gasteiger partial charge in [-0.15, -0.1) is 11.3 Å². The Labute approximate surface area is 102 Å². The van der Waals surface area contributed by atoms with Gasteiger partial charge in [0.2, 0.25) is 0 Å². The first-order chi connectivity index (χ1) is 7.70. The fraction of sp³-hybridized carbons (Fsp3) is 0.692. The molecule has 0 aliphatic heterocycles. The Morgan fingerprint density at radius 2 is 2.31 bits per heavy atom.